The topological polar surface area (TPSA) is 91.1 Å². The van der Waals surface area contributed by atoms with E-state index in [1.807, 2.05) is 0 Å². The Morgan fingerprint density at radius 3 is 2.42 bits per heavy atom. The Hall–Kier alpha value is -2.21. The lowest BCUT2D eigenvalue weighted by molar-refractivity contribution is 0.0697. The van der Waals surface area contributed by atoms with Crippen molar-refractivity contribution in [3.8, 4) is 0 Å². The van der Waals surface area contributed by atoms with Crippen LogP contribution in [-0.2, 0) is 9.73 Å². The second kappa shape index (κ2) is 4.81. The van der Waals surface area contributed by atoms with Gasteiger partial charge in [-0.05, 0) is 43.3 Å². The van der Waals surface area contributed by atoms with E-state index in [0.717, 1.165) is 0 Å². The summed E-state index contributed by atoms with van der Waals surface area (Å²) in [5, 5.41) is 8.81. The molecule has 0 fully saturated rings. The number of aryl methyl sites for hydroxylation is 1. The molecule has 1 unspecified atom stereocenters. The molecule has 2 aromatic rings. The lowest BCUT2D eigenvalue weighted by Gasteiger charge is -2.10. The molecule has 98 valence electrons. The van der Waals surface area contributed by atoms with E-state index in [2.05, 4.69) is 4.98 Å². The number of aromatic carboxylic acids is 1. The Labute approximate surface area is 110 Å². The molecule has 1 aromatic heterocycles. The standard InChI is InChI=1S/C13H12N2O3S/c1-9-12(3-2-8-15-9)19(14,18)11-6-4-10(5-7-11)13(16)17/h2-8,14H,1H3,(H,16,17). The molecule has 0 saturated heterocycles. The van der Waals surface area contributed by atoms with Crippen molar-refractivity contribution in [2.24, 2.45) is 0 Å². The average molecular weight is 276 g/mol. The van der Waals surface area contributed by atoms with E-state index in [1.165, 1.54) is 24.3 Å². The van der Waals surface area contributed by atoms with Crippen molar-refractivity contribution >= 4 is 15.7 Å². The molecule has 5 nitrogen and oxygen atoms in total. The predicted octanol–water partition coefficient (Wildman–Crippen LogP) is 2.55. The number of hydrogen-bond donors (Lipinski definition) is 2. The molecule has 0 spiro atoms. The van der Waals surface area contributed by atoms with Gasteiger partial charge in [-0.1, -0.05) is 0 Å². The first-order chi connectivity index (χ1) is 8.93. The summed E-state index contributed by atoms with van der Waals surface area (Å²) < 4.78 is 20.6. The zero-order valence-corrected chi connectivity index (χ0v) is 11.0. The van der Waals surface area contributed by atoms with Crippen LogP contribution in [0.25, 0.3) is 0 Å². The molecule has 0 radical (unpaired) electrons. The first-order valence-electron chi connectivity index (χ1n) is 5.47. The summed E-state index contributed by atoms with van der Waals surface area (Å²) in [6, 6.07) is 8.73. The van der Waals surface area contributed by atoms with Gasteiger partial charge in [-0.3, -0.25) is 4.98 Å². The van der Waals surface area contributed by atoms with Crippen LogP contribution in [0.1, 0.15) is 16.1 Å². The van der Waals surface area contributed by atoms with Crippen LogP contribution in [0, 0.1) is 11.7 Å². The van der Waals surface area contributed by atoms with Crippen LogP contribution >= 0.6 is 0 Å². The first-order valence-corrected chi connectivity index (χ1v) is 7.02. The van der Waals surface area contributed by atoms with Crippen LogP contribution in [0.3, 0.4) is 0 Å². The van der Waals surface area contributed by atoms with Gasteiger partial charge in [0, 0.05) is 6.20 Å². The SMILES string of the molecule is Cc1ncccc1S(=N)(=O)c1ccc(C(=O)O)cc1. The maximum Gasteiger partial charge on any atom is 0.335 e. The van der Waals surface area contributed by atoms with Crippen LogP contribution in [-0.4, -0.2) is 20.3 Å². The summed E-state index contributed by atoms with van der Waals surface area (Å²) in [6.07, 6.45) is 1.57. The van der Waals surface area contributed by atoms with Crippen molar-refractivity contribution in [3.63, 3.8) is 0 Å². The smallest absolute Gasteiger partial charge is 0.335 e. The average Bonchev–Trinajstić information content (AvgIpc) is 2.39. The molecule has 0 aliphatic carbocycles. The van der Waals surface area contributed by atoms with Gasteiger partial charge in [0.25, 0.3) is 0 Å². The zero-order chi connectivity index (χ0) is 14.0. The minimum Gasteiger partial charge on any atom is -0.478 e. The molecule has 0 bridgehead atoms. The normalized spacial score (nSPS) is 13.7. The van der Waals surface area contributed by atoms with Gasteiger partial charge in [-0.15, -0.1) is 0 Å². The molecule has 0 saturated carbocycles. The first kappa shape index (κ1) is 13.2. The van der Waals surface area contributed by atoms with Gasteiger partial charge in [-0.25, -0.2) is 13.8 Å². The molecular weight excluding hydrogens is 264 g/mol. The quantitative estimate of drug-likeness (QED) is 0.901. The lowest BCUT2D eigenvalue weighted by Crippen LogP contribution is -2.04. The van der Waals surface area contributed by atoms with Crippen LogP contribution in [0.5, 0.6) is 0 Å². The fraction of sp³-hybridized carbons (Fsp3) is 0.0769. The highest BCUT2D eigenvalue weighted by molar-refractivity contribution is 7.92. The third kappa shape index (κ3) is 2.48. The summed E-state index contributed by atoms with van der Waals surface area (Å²) in [5.41, 5.74) is 0.631. The Morgan fingerprint density at radius 1 is 1.26 bits per heavy atom. The maximum absolute atomic E-state index is 12.6. The van der Waals surface area contributed by atoms with Crippen molar-refractivity contribution in [2.75, 3.05) is 0 Å². The van der Waals surface area contributed by atoms with Gasteiger partial charge < -0.3 is 5.11 Å². The molecule has 6 heteroatoms. The largest absolute Gasteiger partial charge is 0.478 e. The van der Waals surface area contributed by atoms with Crippen molar-refractivity contribution < 1.29 is 14.1 Å². The van der Waals surface area contributed by atoms with E-state index in [0.29, 0.717) is 10.6 Å². The molecule has 19 heavy (non-hydrogen) atoms. The number of nitrogens with zero attached hydrogens (tertiary/aromatic N) is 1. The zero-order valence-electron chi connectivity index (χ0n) is 10.2. The number of pyridine rings is 1. The second-order valence-corrected chi connectivity index (χ2v) is 6.00. The summed E-state index contributed by atoms with van der Waals surface area (Å²) in [7, 11) is -3.17. The fourth-order valence-corrected chi connectivity index (χ4v) is 3.20. The van der Waals surface area contributed by atoms with Crippen molar-refractivity contribution in [1.29, 1.82) is 4.78 Å². The third-order valence-corrected chi connectivity index (χ3v) is 4.69. The predicted molar refractivity (Wildman–Crippen MR) is 69.8 cm³/mol. The van der Waals surface area contributed by atoms with Crippen LogP contribution in [0.4, 0.5) is 0 Å². The number of rotatable bonds is 3. The fourth-order valence-electron chi connectivity index (χ4n) is 1.69. The van der Waals surface area contributed by atoms with E-state index >= 15 is 0 Å². The van der Waals surface area contributed by atoms with Gasteiger partial charge in [-0.2, -0.15) is 0 Å². The summed E-state index contributed by atoms with van der Waals surface area (Å²) in [6.45, 7) is 1.69. The number of carboxylic acids is 1. The Morgan fingerprint density at radius 2 is 1.89 bits per heavy atom. The summed E-state index contributed by atoms with van der Waals surface area (Å²) in [4.78, 5) is 15.4. The Balaban J connectivity index is 2.52. The molecule has 0 aliphatic rings. The summed E-state index contributed by atoms with van der Waals surface area (Å²) in [5.74, 6) is -1.06. The summed E-state index contributed by atoms with van der Waals surface area (Å²) >= 11 is 0. The molecule has 0 amide bonds. The van der Waals surface area contributed by atoms with Crippen molar-refractivity contribution in [3.05, 3.63) is 53.9 Å². The Bertz CT molecular complexity index is 722. The third-order valence-electron chi connectivity index (χ3n) is 2.70. The maximum atomic E-state index is 12.6. The van der Waals surface area contributed by atoms with Crippen LogP contribution in [0.15, 0.2) is 52.4 Å². The van der Waals surface area contributed by atoms with E-state index in [9.17, 15) is 9.00 Å². The van der Waals surface area contributed by atoms with Gasteiger partial charge in [0.2, 0.25) is 0 Å². The Kier molecular flexibility index (Phi) is 3.35. The van der Waals surface area contributed by atoms with E-state index in [4.69, 9.17) is 9.89 Å². The van der Waals surface area contributed by atoms with Gasteiger partial charge in [0.1, 0.15) is 9.73 Å². The highest BCUT2D eigenvalue weighted by Crippen LogP contribution is 2.23. The van der Waals surface area contributed by atoms with E-state index in [1.54, 1.807) is 25.3 Å². The lowest BCUT2D eigenvalue weighted by atomic mass is 10.2. The number of carboxylic acid groups (broad SMARTS) is 1. The molecule has 1 atom stereocenters. The van der Waals surface area contributed by atoms with E-state index < -0.39 is 15.7 Å². The van der Waals surface area contributed by atoms with Gasteiger partial charge in [0.15, 0.2) is 0 Å². The van der Waals surface area contributed by atoms with Crippen LogP contribution < -0.4 is 0 Å². The molecule has 0 aliphatic heterocycles. The van der Waals surface area contributed by atoms with Gasteiger partial charge >= 0.3 is 5.97 Å². The molecule has 1 aromatic carbocycles. The number of hydrogen-bond acceptors (Lipinski definition) is 4. The minimum absolute atomic E-state index is 0.0989. The number of carbonyl (C=O) groups is 1. The minimum atomic E-state index is -3.17. The molecule has 1 heterocycles. The molecule has 2 N–H and O–H groups in total. The molecule has 2 rings (SSSR count). The second-order valence-electron chi connectivity index (χ2n) is 3.97. The van der Waals surface area contributed by atoms with Crippen molar-refractivity contribution in [1.82, 2.24) is 4.98 Å². The highest BCUT2D eigenvalue weighted by Gasteiger charge is 2.16. The number of nitrogens with one attached hydrogen (secondary N) is 1. The molecular formula is C13H12N2O3S. The highest BCUT2D eigenvalue weighted by atomic mass is 32.2. The monoisotopic (exact) mass is 276 g/mol. The van der Waals surface area contributed by atoms with E-state index in [-0.39, 0.29) is 10.5 Å². The van der Waals surface area contributed by atoms with Crippen molar-refractivity contribution in [2.45, 2.75) is 16.7 Å². The van der Waals surface area contributed by atoms with Gasteiger partial charge in [0.05, 0.1) is 21.0 Å². The van der Waals surface area contributed by atoms with Crippen LogP contribution in [0.2, 0.25) is 0 Å². The number of aromatic nitrogens is 1. The number of benzene rings is 1.